The molecular weight excluding hydrogens is 709 g/mol. The number of carbonyl (C=O) groups is 1. The largest absolute Gasteiger partial charge is 0.496 e. The van der Waals surface area contributed by atoms with Crippen LogP contribution >= 0.6 is 0 Å². The molecule has 2 unspecified atom stereocenters. The highest BCUT2D eigenvalue weighted by Gasteiger charge is 2.57. The van der Waals surface area contributed by atoms with Crippen LogP contribution in [0, 0.1) is 29.1 Å². The Morgan fingerprint density at radius 1 is 1.02 bits per heavy atom. The number of hydrogen-bond donors (Lipinski definition) is 6. The Morgan fingerprint density at radius 2 is 1.73 bits per heavy atom. The Kier molecular flexibility index (Phi) is 13.3. The van der Waals surface area contributed by atoms with Gasteiger partial charge in [-0.15, -0.1) is 0 Å². The number of hydrogen-bond acceptors (Lipinski definition) is 10. The van der Waals surface area contributed by atoms with Crippen LogP contribution in [0.25, 0.3) is 11.1 Å². The number of ether oxygens (including phenoxy) is 1. The van der Waals surface area contributed by atoms with E-state index in [1.165, 1.54) is 6.42 Å². The molecule has 0 spiro atoms. The van der Waals surface area contributed by atoms with Crippen LogP contribution in [-0.4, -0.2) is 101 Å². The number of nitrogens with one attached hydrogen (secondary N) is 2. The molecule has 1 aliphatic heterocycles. The summed E-state index contributed by atoms with van der Waals surface area (Å²) in [6.45, 7) is 10.7. The maximum atomic E-state index is 14.3. The second-order valence-electron chi connectivity index (χ2n) is 17.5. The highest BCUT2D eigenvalue weighted by molar-refractivity contribution is 5.83. The van der Waals surface area contributed by atoms with Gasteiger partial charge in [0.1, 0.15) is 24.1 Å². The first-order valence-electron chi connectivity index (χ1n) is 20.3. The number of aliphatic hydroxyl groups is 4. The van der Waals surface area contributed by atoms with Gasteiger partial charge in [0.15, 0.2) is 0 Å². The van der Waals surface area contributed by atoms with Crippen molar-refractivity contribution in [2.75, 3.05) is 34.4 Å². The minimum absolute atomic E-state index is 0.0264. The molecule has 11 heteroatoms. The first-order valence-corrected chi connectivity index (χ1v) is 20.3. The molecule has 4 aliphatic rings. The number of likely N-dealkylation sites (N-methyl/N-ethyl adjacent to an activating group) is 1. The Morgan fingerprint density at radius 3 is 2.34 bits per heavy atom. The monoisotopic (exact) mass is 772 g/mol. The van der Waals surface area contributed by atoms with E-state index in [4.69, 9.17) is 9.57 Å². The summed E-state index contributed by atoms with van der Waals surface area (Å²) in [7, 11) is 5.61. The van der Waals surface area contributed by atoms with E-state index in [9.17, 15) is 25.2 Å². The SMILES string of the molecule is COc1c(CN2O[C@@H](CO)[C@H]([C@H](C)O)[C@H]2C(=O)N[C@H]2C[C@H]3C[C@@H]([C@@H]2C)C3(C)C)cccc1-c1cc(C(C)O)cc(C(O)N[C@@H](Cc2ccccc2)CN(C)C)c1. The van der Waals surface area contributed by atoms with E-state index in [-0.39, 0.29) is 36.6 Å². The highest BCUT2D eigenvalue weighted by atomic mass is 16.7. The number of amides is 1. The molecule has 306 valence electrons. The van der Waals surface area contributed by atoms with E-state index in [0.29, 0.717) is 41.2 Å². The number of methoxy groups -OCH3 is 1. The summed E-state index contributed by atoms with van der Waals surface area (Å²) in [5.41, 5.74) is 4.89. The van der Waals surface area contributed by atoms with Crippen molar-refractivity contribution in [3.8, 4) is 16.9 Å². The van der Waals surface area contributed by atoms with Gasteiger partial charge < -0.3 is 35.4 Å². The average Bonchev–Trinajstić information content (AvgIpc) is 3.53. The first kappa shape index (κ1) is 42.2. The summed E-state index contributed by atoms with van der Waals surface area (Å²) in [5, 5.41) is 52.2. The number of carbonyl (C=O) groups excluding carboxylic acids is 1. The Hall–Kier alpha value is -3.39. The van der Waals surface area contributed by atoms with Crippen LogP contribution in [0.2, 0.25) is 0 Å². The van der Waals surface area contributed by atoms with Crippen molar-refractivity contribution >= 4 is 5.91 Å². The van der Waals surface area contributed by atoms with Gasteiger partial charge in [0.2, 0.25) is 5.91 Å². The van der Waals surface area contributed by atoms with Gasteiger partial charge in [-0.25, -0.2) is 0 Å². The van der Waals surface area contributed by atoms with E-state index in [0.717, 1.165) is 35.1 Å². The molecule has 3 aromatic carbocycles. The lowest BCUT2D eigenvalue weighted by atomic mass is 9.45. The molecule has 7 rings (SSSR count). The first-order chi connectivity index (χ1) is 26.6. The van der Waals surface area contributed by atoms with Crippen molar-refractivity contribution in [1.29, 1.82) is 0 Å². The minimum Gasteiger partial charge on any atom is -0.496 e. The molecule has 0 aromatic heterocycles. The number of benzene rings is 3. The lowest BCUT2D eigenvalue weighted by Gasteiger charge is -2.62. The van der Waals surface area contributed by atoms with E-state index in [1.54, 1.807) is 26.0 Å². The van der Waals surface area contributed by atoms with Crippen LogP contribution < -0.4 is 15.4 Å². The van der Waals surface area contributed by atoms with Crippen molar-refractivity contribution in [1.82, 2.24) is 20.6 Å². The second kappa shape index (κ2) is 17.6. The van der Waals surface area contributed by atoms with Crippen LogP contribution in [0.3, 0.4) is 0 Å². The lowest BCUT2D eigenvalue weighted by Crippen LogP contribution is -2.62. The number of fused-ring (bicyclic) bond motifs is 2. The molecule has 0 radical (unpaired) electrons. The molecule has 3 saturated carbocycles. The molecule has 1 heterocycles. The van der Waals surface area contributed by atoms with Crippen molar-refractivity contribution < 1.29 is 34.8 Å². The maximum Gasteiger partial charge on any atom is 0.240 e. The number of rotatable bonds is 16. The van der Waals surface area contributed by atoms with Crippen LogP contribution in [0.15, 0.2) is 66.7 Å². The van der Waals surface area contributed by atoms with Crippen molar-refractivity contribution in [2.45, 2.75) is 103 Å². The lowest BCUT2D eigenvalue weighted by molar-refractivity contribution is -0.183. The van der Waals surface area contributed by atoms with Gasteiger partial charge in [0.05, 0.1) is 32.5 Å². The smallest absolute Gasteiger partial charge is 0.240 e. The fourth-order valence-corrected chi connectivity index (χ4v) is 9.90. The number of aliphatic hydroxyl groups excluding tert-OH is 4. The molecular formula is C45H64N4O7. The fraction of sp³-hybridized carbons (Fsp3) is 0.578. The van der Waals surface area contributed by atoms with Gasteiger partial charge in [-0.3, -0.25) is 14.9 Å². The maximum absolute atomic E-state index is 14.3. The summed E-state index contributed by atoms with van der Waals surface area (Å²) < 4.78 is 6.08. The van der Waals surface area contributed by atoms with Crippen molar-refractivity contribution in [2.24, 2.45) is 29.1 Å². The summed E-state index contributed by atoms with van der Waals surface area (Å²) in [5.74, 6) is 1.11. The summed E-state index contributed by atoms with van der Waals surface area (Å²) >= 11 is 0. The zero-order chi connectivity index (χ0) is 40.5. The van der Waals surface area contributed by atoms with Crippen LogP contribution in [0.5, 0.6) is 5.75 Å². The molecule has 6 N–H and O–H groups in total. The quantitative estimate of drug-likeness (QED) is 0.112. The van der Waals surface area contributed by atoms with Gasteiger partial charge in [0.25, 0.3) is 0 Å². The fourth-order valence-electron chi connectivity index (χ4n) is 9.90. The third-order valence-corrected chi connectivity index (χ3v) is 13.1. The second-order valence-corrected chi connectivity index (χ2v) is 17.5. The van der Waals surface area contributed by atoms with E-state index >= 15 is 0 Å². The molecule has 11 atom stereocenters. The highest BCUT2D eigenvalue weighted by Crippen LogP contribution is 2.61. The zero-order valence-electron chi connectivity index (χ0n) is 34.4. The van der Waals surface area contributed by atoms with Gasteiger partial charge >= 0.3 is 0 Å². The number of para-hydroxylation sites is 1. The molecule has 11 nitrogen and oxygen atoms in total. The number of nitrogens with zero attached hydrogens (tertiary/aromatic N) is 2. The van der Waals surface area contributed by atoms with E-state index in [1.807, 2.05) is 68.7 Å². The average molecular weight is 773 g/mol. The Balaban J connectivity index is 1.28. The topological polar surface area (TPSA) is 147 Å². The Bertz CT molecular complexity index is 1790. The van der Waals surface area contributed by atoms with Crippen LogP contribution in [0.4, 0.5) is 0 Å². The normalized spacial score (nSPS) is 28.0. The van der Waals surface area contributed by atoms with Crippen LogP contribution in [0.1, 0.15) is 82.0 Å². The minimum atomic E-state index is -1.02. The van der Waals surface area contributed by atoms with E-state index < -0.39 is 36.5 Å². The standard InChI is InChI=1S/C45H64N4O7/c1-26-37-21-34(45(37,4)5)22-38(26)47-44(54)41-40(28(3)52)39(25-50)56-49(41)23-30-15-12-16-36(42(30)55-8)32-18-31(27(2)51)19-33(20-32)43(53)46-35(24-48(6)7)17-29-13-10-9-11-14-29/h9-16,18-20,26-28,34-35,37-41,43,46,50-53H,17,21-25H2,1-8H3,(H,47,54)/t26-,27?,28-,34+,35-,37-,38-,39-,40-,41-,43?/m0/s1. The molecule has 2 bridgehead atoms. The summed E-state index contributed by atoms with van der Waals surface area (Å²) in [6, 6.07) is 20.7. The van der Waals surface area contributed by atoms with Crippen molar-refractivity contribution in [3.05, 3.63) is 89.0 Å². The molecule has 1 amide bonds. The van der Waals surface area contributed by atoms with Gasteiger partial charge in [0, 0.05) is 35.7 Å². The van der Waals surface area contributed by atoms with E-state index in [2.05, 4.69) is 48.4 Å². The molecule has 56 heavy (non-hydrogen) atoms. The Labute approximate surface area is 333 Å². The van der Waals surface area contributed by atoms with Gasteiger partial charge in [-0.2, -0.15) is 5.06 Å². The van der Waals surface area contributed by atoms with Gasteiger partial charge in [-0.1, -0.05) is 69.3 Å². The van der Waals surface area contributed by atoms with Crippen molar-refractivity contribution in [3.63, 3.8) is 0 Å². The molecule has 3 aromatic rings. The predicted molar refractivity (Wildman–Crippen MR) is 217 cm³/mol. The summed E-state index contributed by atoms with van der Waals surface area (Å²) in [6.07, 6.45) is -0.671. The molecule has 4 fully saturated rings. The number of hydroxylamine groups is 2. The predicted octanol–water partition coefficient (Wildman–Crippen LogP) is 4.83. The third kappa shape index (κ3) is 8.85. The molecule has 1 saturated heterocycles. The van der Waals surface area contributed by atoms with Gasteiger partial charge in [-0.05, 0) is 111 Å². The third-order valence-electron chi connectivity index (χ3n) is 13.1. The zero-order valence-corrected chi connectivity index (χ0v) is 34.4. The van der Waals surface area contributed by atoms with Crippen LogP contribution in [-0.2, 0) is 22.6 Å². The molecule has 3 aliphatic carbocycles. The summed E-state index contributed by atoms with van der Waals surface area (Å²) in [4.78, 5) is 22.7.